The number of imide groups is 2. The van der Waals surface area contributed by atoms with E-state index < -0.39 is 83.9 Å². The third-order valence-corrected chi connectivity index (χ3v) is 17.7. The minimum Gasteiger partial charge on any atom is -0.484 e. The number of thiophene rings is 1. The van der Waals surface area contributed by atoms with Gasteiger partial charge in [0.15, 0.2) is 6.61 Å². The van der Waals surface area contributed by atoms with Gasteiger partial charge in [-0.25, -0.2) is 0 Å². The summed E-state index contributed by atoms with van der Waals surface area (Å²) >= 11 is 0.953. The molecular formula is C62H67F2N6O13PS. The second-order valence-electron chi connectivity index (χ2n) is 22.8. The van der Waals surface area contributed by atoms with Crippen molar-refractivity contribution in [3.8, 4) is 17.6 Å². The molecule has 23 heteroatoms. The Hall–Kier alpha value is -7.67. The lowest BCUT2D eigenvalue weighted by Gasteiger charge is -2.43. The minimum absolute atomic E-state index is 0.0434. The molecule has 2 saturated heterocycles. The number of halogens is 2. The number of morpholine rings is 1. The van der Waals surface area contributed by atoms with E-state index in [0.717, 1.165) is 84.4 Å². The highest BCUT2D eigenvalue weighted by Crippen LogP contribution is 2.59. The molecule has 4 aromatic carbocycles. The number of nitrogens with one attached hydrogen (secondary N) is 3. The first-order chi connectivity index (χ1) is 40.5. The van der Waals surface area contributed by atoms with Crippen LogP contribution in [0, 0.1) is 17.3 Å². The smallest absolute Gasteiger partial charge is 0.399 e. The zero-order valence-corrected chi connectivity index (χ0v) is 49.0. The van der Waals surface area contributed by atoms with Crippen LogP contribution in [0.1, 0.15) is 149 Å². The SMILES string of the molecule is CC(C)(C)[C@H](NC(=O)c1cc2cc(C(F)(F)P(=O)(O)O)ccc2s1)C(=O)N1Cc2cc(OCC(=O)NCCCCCCCCCC#Cc3ccc4c(c3)C(=O)N(C3CCC(=O)NC3=O)C4=O)ccc2C[C@H]1C(=O)N1CCO[C@H](c2ccccc2)C1. The molecule has 1 unspecified atom stereocenters. The zero-order valence-electron chi connectivity index (χ0n) is 47.3. The van der Waals surface area contributed by atoms with E-state index in [0.29, 0.717) is 34.5 Å². The Morgan fingerprint density at radius 3 is 2.33 bits per heavy atom. The molecule has 0 aliphatic carbocycles. The van der Waals surface area contributed by atoms with Gasteiger partial charge in [-0.05, 0) is 95.3 Å². The number of rotatable bonds is 20. The van der Waals surface area contributed by atoms with Crippen LogP contribution in [-0.4, -0.2) is 123 Å². The fraction of sp³-hybridized carbons (Fsp3) is 0.419. The molecule has 0 bridgehead atoms. The first kappa shape index (κ1) is 61.9. The van der Waals surface area contributed by atoms with Gasteiger partial charge in [-0.2, -0.15) is 8.78 Å². The maximum absolute atomic E-state index is 15.1. The third kappa shape index (κ3) is 14.4. The summed E-state index contributed by atoms with van der Waals surface area (Å²) in [6.45, 7) is 6.25. The van der Waals surface area contributed by atoms with Gasteiger partial charge >= 0.3 is 13.3 Å². The third-order valence-electron chi connectivity index (χ3n) is 15.6. The zero-order chi connectivity index (χ0) is 60.8. The van der Waals surface area contributed by atoms with Gasteiger partial charge in [-0.3, -0.25) is 53.1 Å². The van der Waals surface area contributed by atoms with Crippen molar-refractivity contribution in [1.82, 2.24) is 30.7 Å². The van der Waals surface area contributed by atoms with Crippen molar-refractivity contribution in [3.05, 3.63) is 135 Å². The predicted molar refractivity (Wildman–Crippen MR) is 310 cm³/mol. The number of piperidine rings is 1. The van der Waals surface area contributed by atoms with E-state index in [1.165, 1.54) is 17.0 Å². The van der Waals surface area contributed by atoms with Crippen molar-refractivity contribution in [2.24, 2.45) is 5.41 Å². The Balaban J connectivity index is 0.758. The van der Waals surface area contributed by atoms with Crippen LogP contribution in [0.25, 0.3) is 10.1 Å². The summed E-state index contributed by atoms with van der Waals surface area (Å²) in [5.41, 5.74) is -2.95. The Morgan fingerprint density at radius 1 is 0.871 bits per heavy atom. The molecule has 4 aliphatic rings. The first-order valence-corrected chi connectivity index (χ1v) is 30.8. The summed E-state index contributed by atoms with van der Waals surface area (Å²) in [6, 6.07) is 20.8. The number of nitrogens with zero attached hydrogens (tertiary/aromatic N) is 3. The highest BCUT2D eigenvalue weighted by molar-refractivity contribution is 7.52. The Kier molecular flexibility index (Phi) is 19.1. The largest absolute Gasteiger partial charge is 0.484 e. The van der Waals surface area contributed by atoms with E-state index in [4.69, 9.17) is 9.47 Å². The van der Waals surface area contributed by atoms with E-state index in [1.54, 1.807) is 56.0 Å². The van der Waals surface area contributed by atoms with Gasteiger partial charge in [-0.15, -0.1) is 11.3 Å². The molecule has 4 atom stereocenters. The molecule has 448 valence electrons. The topological polar surface area (TPSA) is 258 Å². The van der Waals surface area contributed by atoms with E-state index in [2.05, 4.69) is 27.8 Å². The van der Waals surface area contributed by atoms with Gasteiger partial charge in [0.25, 0.3) is 23.6 Å². The van der Waals surface area contributed by atoms with Gasteiger partial charge < -0.3 is 39.7 Å². The number of carbonyl (C=O) groups is 8. The summed E-state index contributed by atoms with van der Waals surface area (Å²) in [4.78, 5) is 130. The monoisotopic (exact) mass is 1200 g/mol. The van der Waals surface area contributed by atoms with Crippen molar-refractivity contribution < 1.29 is 71.0 Å². The van der Waals surface area contributed by atoms with Crippen LogP contribution < -0.4 is 20.7 Å². The molecule has 19 nitrogen and oxygen atoms in total. The summed E-state index contributed by atoms with van der Waals surface area (Å²) in [7, 11) is -5.86. The fourth-order valence-electron chi connectivity index (χ4n) is 10.9. The van der Waals surface area contributed by atoms with Crippen LogP contribution in [0.4, 0.5) is 8.78 Å². The van der Waals surface area contributed by atoms with E-state index in [9.17, 15) is 56.7 Å². The molecule has 8 amide bonds. The molecule has 1 aromatic heterocycles. The average molecular weight is 1210 g/mol. The van der Waals surface area contributed by atoms with Gasteiger partial charge in [0, 0.05) is 54.7 Å². The summed E-state index contributed by atoms with van der Waals surface area (Å²) in [5.74, 6) is 2.51. The van der Waals surface area contributed by atoms with Crippen molar-refractivity contribution in [1.29, 1.82) is 0 Å². The second-order valence-corrected chi connectivity index (χ2v) is 25.5. The Labute approximate surface area is 494 Å². The second kappa shape index (κ2) is 26.3. The van der Waals surface area contributed by atoms with Gasteiger partial charge in [0.05, 0.1) is 29.2 Å². The number of ether oxygens (including phenoxy) is 2. The average Bonchev–Trinajstić information content (AvgIpc) is 4.28. The van der Waals surface area contributed by atoms with Crippen LogP contribution in [0.2, 0.25) is 0 Å². The summed E-state index contributed by atoms with van der Waals surface area (Å²) < 4.78 is 53.4. The molecular weight excluding hydrogens is 1140 g/mol. The highest BCUT2D eigenvalue weighted by atomic mass is 32.1. The van der Waals surface area contributed by atoms with Crippen molar-refractivity contribution in [3.63, 3.8) is 0 Å². The standard InChI is InChI=1S/C62H67F2N6O13PS/c1-61(2,3)54(67-56(74)51-34-41-31-43(21-25-50(41)85-51)62(63,64)84(79,80)81)60(78)69-35-42-32-44(22-20-40(42)33-48(69)59(77)68-28-29-82-49(36-68)39-17-13-11-14-18-39)83-37-53(72)65-27-15-10-8-6-4-5-7-9-12-16-38-19-23-45-46(30-38)58(76)70(57(45)75)47-24-26-52(71)66-55(47)73/h11,13-14,17-23,25,30-32,34,47-49,54H,4-10,15,24,26-29,33,35-37H2,1-3H3,(H,65,72)(H,67,74)(H,66,71,73)(H2,79,80,81)/t47?,48-,49-,54+/m0/s1. The highest BCUT2D eigenvalue weighted by Gasteiger charge is 2.51. The minimum atomic E-state index is -5.86. The van der Waals surface area contributed by atoms with Crippen molar-refractivity contribution in [2.75, 3.05) is 32.8 Å². The molecule has 5 heterocycles. The number of carbonyl (C=O) groups excluding carboxylic acids is 8. The van der Waals surface area contributed by atoms with E-state index in [1.807, 2.05) is 36.4 Å². The van der Waals surface area contributed by atoms with Gasteiger partial charge in [0.2, 0.25) is 23.6 Å². The van der Waals surface area contributed by atoms with Crippen LogP contribution in [0.5, 0.6) is 5.75 Å². The van der Waals surface area contributed by atoms with Crippen molar-refractivity contribution in [2.45, 2.75) is 128 Å². The van der Waals surface area contributed by atoms with E-state index >= 15 is 4.79 Å². The molecule has 5 aromatic rings. The number of fused-ring (bicyclic) bond motifs is 3. The Bertz CT molecular complexity index is 3540. The number of hydrogen-bond acceptors (Lipinski definition) is 12. The molecule has 5 N–H and O–H groups in total. The van der Waals surface area contributed by atoms with Crippen LogP contribution >= 0.6 is 18.9 Å². The quantitative estimate of drug-likeness (QED) is 0.0215. The lowest BCUT2D eigenvalue weighted by Crippen LogP contribution is -2.61. The number of amides is 8. The maximum atomic E-state index is 15.1. The van der Waals surface area contributed by atoms with Gasteiger partial charge in [-0.1, -0.05) is 107 Å². The van der Waals surface area contributed by atoms with Crippen LogP contribution in [-0.2, 0) is 51.9 Å². The van der Waals surface area contributed by atoms with Crippen LogP contribution in [0.3, 0.4) is 0 Å². The maximum Gasteiger partial charge on any atom is 0.399 e. The molecule has 85 heavy (non-hydrogen) atoms. The summed E-state index contributed by atoms with van der Waals surface area (Å²) in [6.07, 6.45) is 7.13. The normalized spacial score (nSPS) is 18.5. The summed E-state index contributed by atoms with van der Waals surface area (Å²) in [5, 5.41) is 8.11. The van der Waals surface area contributed by atoms with Gasteiger partial charge in [0.1, 0.15) is 30.0 Å². The number of unbranched alkanes of at least 4 members (excludes halogenated alkanes) is 7. The predicted octanol–water partition coefficient (Wildman–Crippen LogP) is 7.90. The molecule has 0 spiro atoms. The lowest BCUT2D eigenvalue weighted by atomic mass is 9.84. The number of hydrogen-bond donors (Lipinski definition) is 5. The molecule has 0 saturated carbocycles. The van der Waals surface area contributed by atoms with E-state index in [-0.39, 0.29) is 85.3 Å². The van der Waals surface area contributed by atoms with Crippen LogP contribution in [0.15, 0.2) is 91.0 Å². The van der Waals surface area contributed by atoms with Crippen molar-refractivity contribution >= 4 is 76.3 Å². The number of benzene rings is 4. The molecule has 4 aliphatic heterocycles. The fourth-order valence-corrected chi connectivity index (χ4v) is 12.3. The molecule has 0 radical (unpaired) electrons. The lowest BCUT2D eigenvalue weighted by molar-refractivity contribution is -0.153. The number of alkyl halides is 2. The molecule has 9 rings (SSSR count). The molecule has 2 fully saturated rings. The Morgan fingerprint density at radius 2 is 1.60 bits per heavy atom. The first-order valence-electron chi connectivity index (χ1n) is 28.4.